The molecule has 178 valence electrons. The molecule has 6 heteroatoms. The molecule has 0 aromatic heterocycles. The molecule has 2 amide bonds. The highest BCUT2D eigenvalue weighted by molar-refractivity contribution is 6.05. The van der Waals surface area contributed by atoms with Gasteiger partial charge in [0.25, 0.3) is 11.8 Å². The monoisotopic (exact) mass is 460 g/mol. The summed E-state index contributed by atoms with van der Waals surface area (Å²) < 4.78 is 5.53. The molecule has 3 N–H and O–H groups in total. The predicted molar refractivity (Wildman–Crippen MR) is 136 cm³/mol. The first-order chi connectivity index (χ1) is 16.0. The lowest BCUT2D eigenvalue weighted by Gasteiger charge is -2.19. The minimum atomic E-state index is -0.358. The van der Waals surface area contributed by atoms with E-state index in [2.05, 4.69) is 45.3 Å². The number of phenols is 1. The van der Waals surface area contributed by atoms with E-state index in [0.29, 0.717) is 22.9 Å². The summed E-state index contributed by atoms with van der Waals surface area (Å²) in [4.78, 5) is 24.8. The van der Waals surface area contributed by atoms with Gasteiger partial charge in [0.1, 0.15) is 11.5 Å². The summed E-state index contributed by atoms with van der Waals surface area (Å²) in [6.45, 7) is 10.4. The van der Waals surface area contributed by atoms with Crippen LogP contribution in [0, 0.1) is 0 Å². The molecule has 0 heterocycles. The number of rotatable bonds is 7. The summed E-state index contributed by atoms with van der Waals surface area (Å²) in [7, 11) is 0. The molecular formula is C28H32N2O4. The lowest BCUT2D eigenvalue weighted by atomic mass is 9.87. The summed E-state index contributed by atoms with van der Waals surface area (Å²) in [5, 5.41) is 15.7. The number of amides is 2. The quantitative estimate of drug-likeness (QED) is 0.373. The van der Waals surface area contributed by atoms with Crippen LogP contribution in [-0.4, -0.2) is 23.5 Å². The Labute approximate surface area is 201 Å². The molecular weight excluding hydrogens is 428 g/mol. The second kappa shape index (κ2) is 10.4. The summed E-state index contributed by atoms with van der Waals surface area (Å²) in [5.41, 5.74) is 3.46. The fourth-order valence-corrected chi connectivity index (χ4v) is 3.33. The number of benzene rings is 3. The molecule has 0 bridgehead atoms. The van der Waals surface area contributed by atoms with Crippen molar-refractivity contribution in [2.24, 2.45) is 0 Å². The number of carbonyl (C=O) groups excluding carboxylic acids is 2. The minimum absolute atomic E-state index is 0.00301. The maximum atomic E-state index is 12.6. The van der Waals surface area contributed by atoms with E-state index in [1.54, 1.807) is 18.2 Å². The molecule has 6 nitrogen and oxygen atoms in total. The van der Waals surface area contributed by atoms with Crippen LogP contribution < -0.4 is 15.4 Å². The fraction of sp³-hybridized carbons (Fsp3) is 0.286. The first kappa shape index (κ1) is 24.8. The van der Waals surface area contributed by atoms with Crippen molar-refractivity contribution in [1.29, 1.82) is 0 Å². The molecule has 0 atom stereocenters. The second-order valence-corrected chi connectivity index (χ2v) is 9.57. The Morgan fingerprint density at radius 3 is 2.12 bits per heavy atom. The SMILES string of the molecule is CC(C)c1ccc(OCC(=O)Nc2ccc(NC(=O)c3ccc(C(C)(C)C)cc3)c(O)c2)cc1. The average molecular weight is 461 g/mol. The third kappa shape index (κ3) is 6.61. The highest BCUT2D eigenvalue weighted by Crippen LogP contribution is 2.28. The molecule has 0 aliphatic rings. The molecule has 0 spiro atoms. The Morgan fingerprint density at radius 2 is 1.56 bits per heavy atom. The molecule has 0 saturated carbocycles. The third-order valence-electron chi connectivity index (χ3n) is 5.46. The van der Waals surface area contributed by atoms with Crippen LogP contribution in [0.2, 0.25) is 0 Å². The molecule has 0 aliphatic heterocycles. The maximum Gasteiger partial charge on any atom is 0.262 e. The third-order valence-corrected chi connectivity index (χ3v) is 5.46. The van der Waals surface area contributed by atoms with E-state index in [0.717, 1.165) is 5.56 Å². The Hall–Kier alpha value is -3.80. The average Bonchev–Trinajstić information content (AvgIpc) is 2.79. The van der Waals surface area contributed by atoms with E-state index in [4.69, 9.17) is 4.74 Å². The van der Waals surface area contributed by atoms with Crippen molar-refractivity contribution in [2.75, 3.05) is 17.2 Å². The standard InChI is InChI=1S/C28H32N2O4/c1-18(2)19-8-13-23(14-9-19)34-17-26(32)29-22-12-15-24(25(31)16-22)30-27(33)20-6-10-21(11-7-20)28(3,4)5/h6-16,18,31H,17H2,1-5H3,(H,29,32)(H,30,33). The van der Waals surface area contributed by atoms with Crippen LogP contribution in [0.3, 0.4) is 0 Å². The van der Waals surface area contributed by atoms with Gasteiger partial charge in [-0.25, -0.2) is 0 Å². The van der Waals surface area contributed by atoms with Crippen LogP contribution in [0.15, 0.2) is 66.7 Å². The molecule has 0 saturated heterocycles. The molecule has 34 heavy (non-hydrogen) atoms. The van der Waals surface area contributed by atoms with Gasteiger partial charge in [-0.1, -0.05) is 58.9 Å². The van der Waals surface area contributed by atoms with Crippen molar-refractivity contribution in [3.63, 3.8) is 0 Å². The van der Waals surface area contributed by atoms with Gasteiger partial charge < -0.3 is 20.5 Å². The van der Waals surface area contributed by atoms with Crippen molar-refractivity contribution in [3.05, 3.63) is 83.4 Å². The smallest absolute Gasteiger partial charge is 0.262 e. The van der Waals surface area contributed by atoms with E-state index in [9.17, 15) is 14.7 Å². The highest BCUT2D eigenvalue weighted by Gasteiger charge is 2.15. The molecule has 0 aliphatic carbocycles. The Kier molecular flexibility index (Phi) is 7.61. The molecule has 3 rings (SSSR count). The van der Waals surface area contributed by atoms with Gasteiger partial charge in [-0.05, 0) is 58.9 Å². The number of anilines is 2. The maximum absolute atomic E-state index is 12.6. The van der Waals surface area contributed by atoms with Gasteiger partial charge >= 0.3 is 0 Å². The molecule has 0 unspecified atom stereocenters. The number of nitrogens with one attached hydrogen (secondary N) is 2. The van der Waals surface area contributed by atoms with Crippen LogP contribution in [0.1, 0.15) is 62.0 Å². The number of aromatic hydroxyl groups is 1. The van der Waals surface area contributed by atoms with Gasteiger partial charge in [0.15, 0.2) is 6.61 Å². The summed E-state index contributed by atoms with van der Waals surface area (Å²) in [6, 6.07) is 19.5. The molecule has 3 aromatic rings. The van der Waals surface area contributed by atoms with Crippen molar-refractivity contribution in [1.82, 2.24) is 0 Å². The Morgan fingerprint density at radius 1 is 0.912 bits per heavy atom. The van der Waals surface area contributed by atoms with Crippen LogP contribution >= 0.6 is 0 Å². The van der Waals surface area contributed by atoms with E-state index >= 15 is 0 Å². The second-order valence-electron chi connectivity index (χ2n) is 9.57. The topological polar surface area (TPSA) is 87.7 Å². The highest BCUT2D eigenvalue weighted by atomic mass is 16.5. The van der Waals surface area contributed by atoms with Gasteiger partial charge in [-0.3, -0.25) is 9.59 Å². The first-order valence-electron chi connectivity index (χ1n) is 11.3. The van der Waals surface area contributed by atoms with Gasteiger partial charge in [0, 0.05) is 17.3 Å². The van der Waals surface area contributed by atoms with Crippen molar-refractivity contribution < 1.29 is 19.4 Å². The molecule has 0 radical (unpaired) electrons. The zero-order chi connectivity index (χ0) is 24.9. The number of carbonyl (C=O) groups is 2. The van der Waals surface area contributed by atoms with Gasteiger partial charge in [0.05, 0.1) is 5.69 Å². The number of ether oxygens (including phenoxy) is 1. The largest absolute Gasteiger partial charge is 0.506 e. The Balaban J connectivity index is 1.55. The predicted octanol–water partition coefficient (Wildman–Crippen LogP) is 6.08. The zero-order valence-electron chi connectivity index (χ0n) is 20.3. The summed E-state index contributed by atoms with van der Waals surface area (Å²) in [5.74, 6) is 0.193. The lowest BCUT2D eigenvalue weighted by Crippen LogP contribution is -2.20. The minimum Gasteiger partial charge on any atom is -0.506 e. The number of phenolic OH excluding ortho intramolecular Hbond substituents is 1. The first-order valence-corrected chi connectivity index (χ1v) is 11.3. The van der Waals surface area contributed by atoms with E-state index < -0.39 is 0 Å². The summed E-state index contributed by atoms with van der Waals surface area (Å²) >= 11 is 0. The number of hydrogen-bond acceptors (Lipinski definition) is 4. The Bertz CT molecular complexity index is 1140. The van der Waals surface area contributed by atoms with E-state index in [-0.39, 0.29) is 35.3 Å². The summed E-state index contributed by atoms with van der Waals surface area (Å²) in [6.07, 6.45) is 0. The molecule has 0 fully saturated rings. The van der Waals surface area contributed by atoms with Crippen LogP contribution in [0.25, 0.3) is 0 Å². The van der Waals surface area contributed by atoms with Crippen molar-refractivity contribution in [3.8, 4) is 11.5 Å². The van der Waals surface area contributed by atoms with Gasteiger partial charge in [-0.2, -0.15) is 0 Å². The van der Waals surface area contributed by atoms with Crippen LogP contribution in [0.4, 0.5) is 11.4 Å². The van der Waals surface area contributed by atoms with Crippen molar-refractivity contribution in [2.45, 2.75) is 46.0 Å². The fourth-order valence-electron chi connectivity index (χ4n) is 3.33. The van der Waals surface area contributed by atoms with E-state index in [1.165, 1.54) is 17.7 Å². The van der Waals surface area contributed by atoms with Crippen LogP contribution in [0.5, 0.6) is 11.5 Å². The van der Waals surface area contributed by atoms with E-state index in [1.807, 2.05) is 36.4 Å². The van der Waals surface area contributed by atoms with Crippen molar-refractivity contribution >= 4 is 23.2 Å². The molecule has 3 aromatic carbocycles. The van der Waals surface area contributed by atoms with Gasteiger partial charge in [0.2, 0.25) is 0 Å². The number of hydrogen-bond donors (Lipinski definition) is 3. The lowest BCUT2D eigenvalue weighted by molar-refractivity contribution is -0.118. The zero-order valence-corrected chi connectivity index (χ0v) is 20.3. The van der Waals surface area contributed by atoms with Gasteiger partial charge in [-0.15, -0.1) is 0 Å². The normalized spacial score (nSPS) is 11.2. The van der Waals surface area contributed by atoms with Crippen LogP contribution in [-0.2, 0) is 10.2 Å².